The Morgan fingerprint density at radius 3 is 2.85 bits per heavy atom. The van der Waals surface area contributed by atoms with Gasteiger partial charge in [-0.15, -0.1) is 0 Å². The molecule has 110 valence electrons. The Bertz CT molecular complexity index is 405. The number of benzene rings is 1. The highest BCUT2D eigenvalue weighted by atomic mass is 16.1. The van der Waals surface area contributed by atoms with Crippen LogP contribution in [0.4, 0.5) is 0 Å². The molecule has 1 saturated heterocycles. The van der Waals surface area contributed by atoms with E-state index < -0.39 is 0 Å². The highest BCUT2D eigenvalue weighted by Crippen LogP contribution is 2.11. The zero-order valence-corrected chi connectivity index (χ0v) is 12.4. The van der Waals surface area contributed by atoms with Crippen molar-refractivity contribution in [2.45, 2.75) is 57.5 Å². The van der Waals surface area contributed by atoms with Crippen LogP contribution < -0.4 is 10.6 Å². The highest BCUT2D eigenvalue weighted by Gasteiger charge is 2.17. The van der Waals surface area contributed by atoms with E-state index in [0.717, 1.165) is 19.4 Å². The van der Waals surface area contributed by atoms with Gasteiger partial charge in [0.1, 0.15) is 0 Å². The summed E-state index contributed by atoms with van der Waals surface area (Å²) < 4.78 is 0. The normalized spacial score (nSPS) is 22.4. The monoisotopic (exact) mass is 274 g/mol. The minimum atomic E-state index is 0.181. The van der Waals surface area contributed by atoms with Crippen molar-refractivity contribution >= 4 is 5.91 Å². The Labute approximate surface area is 122 Å². The van der Waals surface area contributed by atoms with Gasteiger partial charge < -0.3 is 10.6 Å². The van der Waals surface area contributed by atoms with Crippen LogP contribution in [0.3, 0.4) is 0 Å². The molecule has 1 heterocycles. The second kappa shape index (κ2) is 8.05. The maximum atomic E-state index is 11.8. The lowest BCUT2D eigenvalue weighted by Crippen LogP contribution is -2.47. The van der Waals surface area contributed by atoms with Gasteiger partial charge in [0, 0.05) is 25.0 Å². The molecular formula is C17H26N2O. The third-order valence-electron chi connectivity index (χ3n) is 3.97. The molecule has 1 fully saturated rings. The van der Waals surface area contributed by atoms with Crippen molar-refractivity contribution in [3.05, 3.63) is 35.9 Å². The summed E-state index contributed by atoms with van der Waals surface area (Å²) in [6.07, 6.45) is 6.22. The fraction of sp³-hybridized carbons (Fsp3) is 0.588. The highest BCUT2D eigenvalue weighted by molar-refractivity contribution is 5.75. The summed E-state index contributed by atoms with van der Waals surface area (Å²) in [5.41, 5.74) is 1.31. The Balaban J connectivity index is 1.58. The third-order valence-corrected chi connectivity index (χ3v) is 3.97. The Morgan fingerprint density at radius 2 is 2.10 bits per heavy atom. The van der Waals surface area contributed by atoms with E-state index in [4.69, 9.17) is 0 Å². The van der Waals surface area contributed by atoms with E-state index >= 15 is 0 Å². The average molecular weight is 274 g/mol. The largest absolute Gasteiger partial charge is 0.355 e. The first kappa shape index (κ1) is 15.0. The first-order chi connectivity index (χ1) is 9.74. The number of piperidine rings is 1. The Morgan fingerprint density at radius 1 is 1.30 bits per heavy atom. The molecule has 1 aromatic rings. The van der Waals surface area contributed by atoms with Crippen LogP contribution in [0.15, 0.2) is 30.3 Å². The number of amides is 1. The number of carbonyl (C=O) groups excluding carboxylic acids is 1. The molecule has 1 aliphatic rings. The van der Waals surface area contributed by atoms with Crippen molar-refractivity contribution in [2.75, 3.05) is 6.54 Å². The summed E-state index contributed by atoms with van der Waals surface area (Å²) in [4.78, 5) is 11.8. The lowest BCUT2D eigenvalue weighted by molar-refractivity contribution is -0.121. The minimum Gasteiger partial charge on any atom is -0.355 e. The van der Waals surface area contributed by atoms with E-state index in [2.05, 4.69) is 29.7 Å². The van der Waals surface area contributed by atoms with E-state index in [9.17, 15) is 4.79 Å². The molecular weight excluding hydrogens is 248 g/mol. The number of carbonyl (C=O) groups is 1. The van der Waals surface area contributed by atoms with Crippen molar-refractivity contribution in [2.24, 2.45) is 0 Å². The smallest absolute Gasteiger partial charge is 0.220 e. The van der Waals surface area contributed by atoms with Crippen molar-refractivity contribution in [3.8, 4) is 0 Å². The van der Waals surface area contributed by atoms with E-state index in [1.165, 1.54) is 24.8 Å². The average Bonchev–Trinajstić information content (AvgIpc) is 2.46. The van der Waals surface area contributed by atoms with Gasteiger partial charge in [-0.05, 0) is 38.2 Å². The topological polar surface area (TPSA) is 41.1 Å². The zero-order valence-electron chi connectivity index (χ0n) is 12.4. The van der Waals surface area contributed by atoms with Gasteiger partial charge in [0.05, 0.1) is 0 Å². The Kier molecular flexibility index (Phi) is 6.06. The molecule has 3 nitrogen and oxygen atoms in total. The van der Waals surface area contributed by atoms with E-state index in [1.807, 2.05) is 18.2 Å². The molecule has 1 amide bonds. The summed E-state index contributed by atoms with van der Waals surface area (Å²) in [5, 5.41) is 6.60. The van der Waals surface area contributed by atoms with Crippen LogP contribution in [0.5, 0.6) is 0 Å². The number of hydrogen-bond acceptors (Lipinski definition) is 2. The number of aryl methyl sites for hydroxylation is 1. The lowest BCUT2D eigenvalue weighted by Gasteiger charge is -2.28. The summed E-state index contributed by atoms with van der Waals surface area (Å²) in [6.45, 7) is 2.99. The van der Waals surface area contributed by atoms with Gasteiger partial charge in [-0.1, -0.05) is 36.8 Å². The molecule has 0 spiro atoms. The third kappa shape index (κ3) is 5.33. The first-order valence-electron chi connectivity index (χ1n) is 7.80. The summed E-state index contributed by atoms with van der Waals surface area (Å²) in [7, 11) is 0. The molecule has 2 N–H and O–H groups in total. The SMILES string of the molecule is CC1CCCC(CNC(=O)CCCc2ccccc2)N1. The molecule has 0 radical (unpaired) electrons. The van der Waals surface area contributed by atoms with Crippen LogP contribution in [-0.2, 0) is 11.2 Å². The standard InChI is InChI=1S/C17H26N2O/c1-14-7-5-11-16(19-14)13-18-17(20)12-6-10-15-8-3-2-4-9-15/h2-4,8-9,14,16,19H,5-7,10-13H2,1H3,(H,18,20). The van der Waals surface area contributed by atoms with Gasteiger partial charge in [-0.25, -0.2) is 0 Å². The van der Waals surface area contributed by atoms with Gasteiger partial charge in [0.25, 0.3) is 0 Å². The maximum Gasteiger partial charge on any atom is 0.220 e. The van der Waals surface area contributed by atoms with Crippen LogP contribution in [0.2, 0.25) is 0 Å². The lowest BCUT2D eigenvalue weighted by atomic mass is 9.99. The molecule has 0 bridgehead atoms. The number of hydrogen-bond donors (Lipinski definition) is 2. The fourth-order valence-corrected chi connectivity index (χ4v) is 2.82. The molecule has 1 aromatic carbocycles. The quantitative estimate of drug-likeness (QED) is 0.837. The summed E-state index contributed by atoms with van der Waals surface area (Å²) in [5.74, 6) is 0.181. The fourth-order valence-electron chi connectivity index (χ4n) is 2.82. The molecule has 3 heteroatoms. The van der Waals surface area contributed by atoms with Crippen LogP contribution in [0, 0.1) is 0 Å². The summed E-state index contributed by atoms with van der Waals surface area (Å²) >= 11 is 0. The van der Waals surface area contributed by atoms with E-state index in [1.54, 1.807) is 0 Å². The number of rotatable bonds is 6. The van der Waals surface area contributed by atoms with E-state index in [-0.39, 0.29) is 5.91 Å². The molecule has 20 heavy (non-hydrogen) atoms. The second-order valence-corrected chi connectivity index (χ2v) is 5.84. The molecule has 0 saturated carbocycles. The maximum absolute atomic E-state index is 11.8. The first-order valence-corrected chi connectivity index (χ1v) is 7.80. The van der Waals surface area contributed by atoms with Gasteiger partial charge in [0.2, 0.25) is 5.91 Å². The molecule has 2 unspecified atom stereocenters. The Hall–Kier alpha value is -1.35. The van der Waals surface area contributed by atoms with Crippen LogP contribution in [0.25, 0.3) is 0 Å². The molecule has 1 aliphatic heterocycles. The van der Waals surface area contributed by atoms with Gasteiger partial charge >= 0.3 is 0 Å². The van der Waals surface area contributed by atoms with Crippen LogP contribution in [-0.4, -0.2) is 24.5 Å². The van der Waals surface area contributed by atoms with Crippen LogP contribution in [0.1, 0.15) is 44.6 Å². The van der Waals surface area contributed by atoms with Gasteiger partial charge in [-0.2, -0.15) is 0 Å². The predicted molar refractivity (Wildman–Crippen MR) is 82.6 cm³/mol. The van der Waals surface area contributed by atoms with Crippen LogP contribution >= 0.6 is 0 Å². The molecule has 0 aromatic heterocycles. The van der Waals surface area contributed by atoms with Crippen molar-refractivity contribution in [3.63, 3.8) is 0 Å². The molecule has 2 atom stereocenters. The van der Waals surface area contributed by atoms with E-state index in [0.29, 0.717) is 18.5 Å². The number of nitrogens with one attached hydrogen (secondary N) is 2. The second-order valence-electron chi connectivity index (χ2n) is 5.84. The molecule has 2 rings (SSSR count). The zero-order chi connectivity index (χ0) is 14.2. The summed E-state index contributed by atoms with van der Waals surface area (Å²) in [6, 6.07) is 11.4. The van der Waals surface area contributed by atoms with Crippen molar-refractivity contribution in [1.29, 1.82) is 0 Å². The van der Waals surface area contributed by atoms with Crippen molar-refractivity contribution in [1.82, 2.24) is 10.6 Å². The van der Waals surface area contributed by atoms with Gasteiger partial charge in [-0.3, -0.25) is 4.79 Å². The van der Waals surface area contributed by atoms with Crippen molar-refractivity contribution < 1.29 is 4.79 Å². The minimum absolute atomic E-state index is 0.181. The molecule has 0 aliphatic carbocycles. The predicted octanol–water partition coefficient (Wildman–Crippen LogP) is 2.66. The van der Waals surface area contributed by atoms with Gasteiger partial charge in [0.15, 0.2) is 0 Å².